The van der Waals surface area contributed by atoms with E-state index in [4.69, 9.17) is 16.9 Å². The third-order valence-corrected chi connectivity index (χ3v) is 6.51. The van der Waals surface area contributed by atoms with Gasteiger partial charge in [0.25, 0.3) is 0 Å². The van der Waals surface area contributed by atoms with Gasteiger partial charge in [0.05, 0.1) is 15.0 Å². The number of halogens is 1. The van der Waals surface area contributed by atoms with E-state index in [2.05, 4.69) is 9.35 Å². The molecular formula is C12H14ClN3OS. The van der Waals surface area contributed by atoms with Gasteiger partial charge < -0.3 is 0 Å². The van der Waals surface area contributed by atoms with E-state index in [0.29, 0.717) is 10.9 Å². The lowest BCUT2D eigenvalue weighted by Crippen LogP contribution is -2.22. The zero-order valence-electron chi connectivity index (χ0n) is 10.0. The summed E-state index contributed by atoms with van der Waals surface area (Å²) < 4.78 is 16.3. The van der Waals surface area contributed by atoms with Crippen LogP contribution in [0.1, 0.15) is 31.2 Å². The van der Waals surface area contributed by atoms with E-state index in [1.54, 1.807) is 18.5 Å². The molecule has 3 atom stereocenters. The summed E-state index contributed by atoms with van der Waals surface area (Å²) in [6, 6.07) is 3.62. The Morgan fingerprint density at radius 1 is 1.67 bits per heavy atom. The van der Waals surface area contributed by atoms with Crippen LogP contribution < -0.4 is 0 Å². The maximum absolute atomic E-state index is 12.6. The maximum atomic E-state index is 12.6. The molecule has 0 saturated carbocycles. The SMILES string of the molecule is CC(c1ccc(Cl)nc1)C1CCCS1(=O)=NC#N. The number of hydrogen-bond donors (Lipinski definition) is 0. The lowest BCUT2D eigenvalue weighted by Gasteiger charge is -2.20. The van der Waals surface area contributed by atoms with E-state index in [1.807, 2.05) is 13.0 Å². The Labute approximate surface area is 112 Å². The van der Waals surface area contributed by atoms with Gasteiger partial charge in [0.1, 0.15) is 5.15 Å². The summed E-state index contributed by atoms with van der Waals surface area (Å²) in [5, 5.41) is 9.05. The van der Waals surface area contributed by atoms with Crippen LogP contribution in [-0.4, -0.2) is 20.2 Å². The van der Waals surface area contributed by atoms with Gasteiger partial charge in [-0.1, -0.05) is 24.6 Å². The van der Waals surface area contributed by atoms with Crippen molar-refractivity contribution >= 4 is 21.3 Å². The maximum Gasteiger partial charge on any atom is 0.214 e. The van der Waals surface area contributed by atoms with Gasteiger partial charge in [0.15, 0.2) is 0 Å². The molecule has 4 nitrogen and oxygen atoms in total. The molecule has 0 bridgehead atoms. The normalized spacial score (nSPS) is 28.6. The van der Waals surface area contributed by atoms with Gasteiger partial charge in [-0.15, -0.1) is 4.36 Å². The van der Waals surface area contributed by atoms with Crippen LogP contribution in [0, 0.1) is 11.5 Å². The van der Waals surface area contributed by atoms with Crippen LogP contribution in [0.5, 0.6) is 0 Å². The summed E-state index contributed by atoms with van der Waals surface area (Å²) in [5.41, 5.74) is 0.993. The zero-order chi connectivity index (χ0) is 13.2. The van der Waals surface area contributed by atoms with E-state index in [-0.39, 0.29) is 11.2 Å². The summed E-state index contributed by atoms with van der Waals surface area (Å²) in [4.78, 5) is 4.04. The van der Waals surface area contributed by atoms with E-state index >= 15 is 0 Å². The van der Waals surface area contributed by atoms with Crippen molar-refractivity contribution in [2.75, 3.05) is 5.75 Å². The fourth-order valence-electron chi connectivity index (χ4n) is 2.45. The van der Waals surface area contributed by atoms with Gasteiger partial charge in [-0.3, -0.25) is 0 Å². The number of nitrogens with zero attached hydrogens (tertiary/aromatic N) is 3. The van der Waals surface area contributed by atoms with Crippen molar-refractivity contribution in [3.05, 3.63) is 29.0 Å². The van der Waals surface area contributed by atoms with Crippen molar-refractivity contribution in [1.29, 1.82) is 5.26 Å². The third-order valence-electron chi connectivity index (χ3n) is 3.43. The van der Waals surface area contributed by atoms with Crippen LogP contribution in [-0.2, 0) is 9.73 Å². The highest BCUT2D eigenvalue weighted by Crippen LogP contribution is 2.34. The Kier molecular flexibility index (Phi) is 3.88. The molecule has 1 aliphatic rings. The van der Waals surface area contributed by atoms with Crippen LogP contribution in [0.3, 0.4) is 0 Å². The molecule has 0 amide bonds. The Balaban J connectivity index is 2.32. The molecule has 0 N–H and O–H groups in total. The van der Waals surface area contributed by atoms with E-state index in [9.17, 15) is 4.21 Å². The van der Waals surface area contributed by atoms with Crippen LogP contribution >= 0.6 is 11.6 Å². The van der Waals surface area contributed by atoms with Crippen molar-refractivity contribution in [2.24, 2.45) is 4.36 Å². The second-order valence-corrected chi connectivity index (χ2v) is 7.43. The summed E-state index contributed by atoms with van der Waals surface area (Å²) in [5.74, 6) is 0.596. The average Bonchev–Trinajstić information content (AvgIpc) is 2.71. The smallest absolute Gasteiger partial charge is 0.214 e. The monoisotopic (exact) mass is 283 g/mol. The quantitative estimate of drug-likeness (QED) is 0.619. The van der Waals surface area contributed by atoms with Crippen LogP contribution in [0.4, 0.5) is 0 Å². The predicted molar refractivity (Wildman–Crippen MR) is 71.7 cm³/mol. The Morgan fingerprint density at radius 3 is 3.06 bits per heavy atom. The first kappa shape index (κ1) is 13.3. The molecule has 2 rings (SSSR count). The van der Waals surface area contributed by atoms with Crippen LogP contribution in [0.15, 0.2) is 22.7 Å². The molecule has 1 saturated heterocycles. The van der Waals surface area contributed by atoms with Crippen molar-refractivity contribution < 1.29 is 4.21 Å². The Hall–Kier alpha value is -1.12. The van der Waals surface area contributed by atoms with Crippen molar-refractivity contribution in [3.8, 4) is 6.19 Å². The number of nitriles is 1. The van der Waals surface area contributed by atoms with Gasteiger partial charge in [0.2, 0.25) is 6.19 Å². The molecular weight excluding hydrogens is 270 g/mol. The first-order valence-corrected chi connectivity index (χ1v) is 7.92. The third kappa shape index (κ3) is 2.50. The number of pyridine rings is 1. The van der Waals surface area contributed by atoms with Crippen molar-refractivity contribution in [2.45, 2.75) is 30.9 Å². The minimum Gasteiger partial charge on any atom is -0.248 e. The highest BCUT2D eigenvalue weighted by atomic mass is 35.5. The fraction of sp³-hybridized carbons (Fsp3) is 0.500. The standard InChI is InChI=1S/C12H14ClN3OS/c1-9(10-4-5-12(13)15-7-10)11-3-2-6-18(11,17)16-8-14/h4-5,7,9,11H,2-3,6H2,1H3. The molecule has 96 valence electrons. The predicted octanol–water partition coefficient (Wildman–Crippen LogP) is 2.95. The molecule has 0 aliphatic carbocycles. The number of hydrogen-bond acceptors (Lipinski definition) is 4. The highest BCUT2D eigenvalue weighted by Gasteiger charge is 2.34. The van der Waals surface area contributed by atoms with Crippen LogP contribution in [0.2, 0.25) is 5.15 Å². The van der Waals surface area contributed by atoms with Gasteiger partial charge in [-0.25, -0.2) is 9.19 Å². The lowest BCUT2D eigenvalue weighted by atomic mass is 9.97. The molecule has 1 aliphatic heterocycles. The molecule has 1 aromatic rings. The minimum atomic E-state index is -2.40. The highest BCUT2D eigenvalue weighted by molar-refractivity contribution is 7.94. The van der Waals surface area contributed by atoms with Crippen molar-refractivity contribution in [1.82, 2.24) is 4.98 Å². The molecule has 1 fully saturated rings. The average molecular weight is 284 g/mol. The molecule has 18 heavy (non-hydrogen) atoms. The first-order chi connectivity index (χ1) is 8.57. The zero-order valence-corrected chi connectivity index (χ0v) is 11.6. The van der Waals surface area contributed by atoms with E-state index in [0.717, 1.165) is 18.4 Å². The molecule has 0 spiro atoms. The topological polar surface area (TPSA) is 66.1 Å². The Morgan fingerprint density at radius 2 is 2.44 bits per heavy atom. The van der Waals surface area contributed by atoms with Gasteiger partial charge in [-0.05, 0) is 30.4 Å². The van der Waals surface area contributed by atoms with Crippen LogP contribution in [0.25, 0.3) is 0 Å². The fourth-order valence-corrected chi connectivity index (χ4v) is 5.14. The number of aromatic nitrogens is 1. The molecule has 3 unspecified atom stereocenters. The van der Waals surface area contributed by atoms with E-state index in [1.165, 1.54) is 0 Å². The summed E-state index contributed by atoms with van der Waals surface area (Å²) in [7, 11) is -2.40. The lowest BCUT2D eigenvalue weighted by molar-refractivity contribution is 0.631. The second kappa shape index (κ2) is 5.25. The van der Waals surface area contributed by atoms with Crippen molar-refractivity contribution in [3.63, 3.8) is 0 Å². The number of rotatable bonds is 2. The van der Waals surface area contributed by atoms with Gasteiger partial charge in [0, 0.05) is 11.9 Å². The minimum absolute atomic E-state index is 0.0693. The Bertz CT molecular complexity index is 584. The van der Waals surface area contributed by atoms with E-state index < -0.39 is 9.73 Å². The summed E-state index contributed by atoms with van der Waals surface area (Å²) in [6.45, 7) is 2.01. The largest absolute Gasteiger partial charge is 0.248 e. The van der Waals surface area contributed by atoms with Gasteiger partial charge >= 0.3 is 0 Å². The second-order valence-electron chi connectivity index (χ2n) is 4.47. The molecule has 1 aromatic heterocycles. The summed E-state index contributed by atoms with van der Waals surface area (Å²) in [6.07, 6.45) is 5.12. The molecule has 6 heteroatoms. The molecule has 0 aromatic carbocycles. The first-order valence-electron chi connectivity index (χ1n) is 5.80. The molecule has 0 radical (unpaired) electrons. The van der Waals surface area contributed by atoms with Gasteiger partial charge in [-0.2, -0.15) is 5.26 Å². The summed E-state index contributed by atoms with van der Waals surface area (Å²) >= 11 is 5.75. The molecule has 2 heterocycles.